The van der Waals surface area contributed by atoms with Crippen molar-refractivity contribution >= 4 is 11.5 Å². The van der Waals surface area contributed by atoms with Crippen LogP contribution in [0, 0.1) is 6.92 Å². The van der Waals surface area contributed by atoms with Gasteiger partial charge in [-0.3, -0.25) is 4.90 Å². The molecule has 1 atom stereocenters. The third-order valence-electron chi connectivity index (χ3n) is 4.49. The second-order valence-electron chi connectivity index (χ2n) is 6.16. The Morgan fingerprint density at radius 2 is 2.18 bits per heavy atom. The zero-order valence-corrected chi connectivity index (χ0v) is 13.6. The van der Waals surface area contributed by atoms with Crippen molar-refractivity contribution in [3.05, 3.63) is 18.0 Å². The number of nitrogens with one attached hydrogen (secondary N) is 1. The number of unbranched alkanes of at least 4 members (excludes halogenated alkanes) is 1. The summed E-state index contributed by atoms with van der Waals surface area (Å²) < 4.78 is 1.79. The Morgan fingerprint density at radius 3 is 3.05 bits per heavy atom. The van der Waals surface area contributed by atoms with Gasteiger partial charge in [0.1, 0.15) is 5.82 Å². The van der Waals surface area contributed by atoms with E-state index in [0.29, 0.717) is 6.04 Å². The van der Waals surface area contributed by atoms with Crippen molar-refractivity contribution in [2.45, 2.75) is 52.0 Å². The van der Waals surface area contributed by atoms with Crippen LogP contribution in [-0.4, -0.2) is 50.4 Å². The van der Waals surface area contributed by atoms with Crippen LogP contribution in [0.2, 0.25) is 0 Å². The molecule has 3 rings (SSSR count). The van der Waals surface area contributed by atoms with Crippen molar-refractivity contribution in [3.8, 4) is 0 Å². The third kappa shape index (κ3) is 3.38. The van der Waals surface area contributed by atoms with E-state index >= 15 is 0 Å². The Labute approximate surface area is 131 Å². The fourth-order valence-electron chi connectivity index (χ4n) is 3.16. The van der Waals surface area contributed by atoms with E-state index in [1.54, 1.807) is 4.52 Å². The van der Waals surface area contributed by atoms with Gasteiger partial charge in [0.15, 0.2) is 11.5 Å². The number of hydrogen-bond acceptors (Lipinski definition) is 5. The van der Waals surface area contributed by atoms with Gasteiger partial charge in [0.25, 0.3) is 0 Å². The van der Waals surface area contributed by atoms with E-state index in [-0.39, 0.29) is 0 Å². The lowest BCUT2D eigenvalue weighted by atomic mass is 10.0. The monoisotopic (exact) mass is 302 g/mol. The first kappa shape index (κ1) is 15.2. The number of piperidine rings is 1. The quantitative estimate of drug-likeness (QED) is 0.888. The topological polar surface area (TPSA) is 58.3 Å². The summed E-state index contributed by atoms with van der Waals surface area (Å²) in [7, 11) is 0. The molecule has 22 heavy (non-hydrogen) atoms. The highest BCUT2D eigenvalue weighted by molar-refractivity contribution is 5.43. The van der Waals surface area contributed by atoms with Gasteiger partial charge in [0, 0.05) is 12.6 Å². The number of hydrogen-bond donors (Lipinski definition) is 1. The van der Waals surface area contributed by atoms with Crippen molar-refractivity contribution in [2.24, 2.45) is 0 Å². The molecule has 6 nitrogen and oxygen atoms in total. The number of nitrogens with zero attached hydrogens (tertiary/aromatic N) is 5. The average molecular weight is 302 g/mol. The molecule has 2 aromatic heterocycles. The second kappa shape index (κ2) is 7.05. The van der Waals surface area contributed by atoms with E-state index in [2.05, 4.69) is 32.4 Å². The predicted molar refractivity (Wildman–Crippen MR) is 88.1 cm³/mol. The summed E-state index contributed by atoms with van der Waals surface area (Å²) >= 11 is 0. The number of aryl methyl sites for hydroxylation is 1. The second-order valence-corrected chi connectivity index (χ2v) is 6.16. The molecule has 1 fully saturated rings. The van der Waals surface area contributed by atoms with Crippen molar-refractivity contribution in [1.82, 2.24) is 24.7 Å². The summed E-state index contributed by atoms with van der Waals surface area (Å²) in [6, 6.07) is 4.58. The third-order valence-corrected chi connectivity index (χ3v) is 4.49. The van der Waals surface area contributed by atoms with Gasteiger partial charge in [0.05, 0.1) is 0 Å². The van der Waals surface area contributed by atoms with Crippen LogP contribution in [0.25, 0.3) is 5.65 Å². The Bertz CT molecular complexity index is 608. The molecule has 1 unspecified atom stereocenters. The number of rotatable bonds is 6. The molecule has 1 N–H and O–H groups in total. The highest BCUT2D eigenvalue weighted by atomic mass is 15.4. The average Bonchev–Trinajstić information content (AvgIpc) is 2.92. The molecule has 1 saturated heterocycles. The predicted octanol–water partition coefficient (Wildman–Crippen LogP) is 2.50. The molecule has 0 aliphatic carbocycles. The van der Waals surface area contributed by atoms with Gasteiger partial charge >= 0.3 is 0 Å². The molecule has 0 spiro atoms. The summed E-state index contributed by atoms with van der Waals surface area (Å²) in [4.78, 5) is 2.64. The summed E-state index contributed by atoms with van der Waals surface area (Å²) in [6.07, 6.45) is 6.52. The molecular weight excluding hydrogens is 276 g/mol. The van der Waals surface area contributed by atoms with Crippen LogP contribution >= 0.6 is 0 Å². The minimum Gasteiger partial charge on any atom is -0.367 e. The molecule has 6 heteroatoms. The first-order valence-corrected chi connectivity index (χ1v) is 8.45. The zero-order chi connectivity index (χ0) is 15.4. The Morgan fingerprint density at radius 1 is 1.27 bits per heavy atom. The van der Waals surface area contributed by atoms with E-state index < -0.39 is 0 Å². The maximum Gasteiger partial charge on any atom is 0.178 e. The van der Waals surface area contributed by atoms with Crippen LogP contribution in [0.5, 0.6) is 0 Å². The van der Waals surface area contributed by atoms with E-state index in [0.717, 1.165) is 23.8 Å². The molecule has 1 aliphatic heterocycles. The zero-order valence-electron chi connectivity index (χ0n) is 13.6. The summed E-state index contributed by atoms with van der Waals surface area (Å²) in [5.74, 6) is 1.72. The summed E-state index contributed by atoms with van der Waals surface area (Å²) in [5, 5.41) is 16.2. The Balaban J connectivity index is 1.62. The minimum absolute atomic E-state index is 0.625. The molecule has 0 radical (unpaired) electrons. The molecular formula is C16H26N6. The van der Waals surface area contributed by atoms with Crippen LogP contribution in [0.4, 0.5) is 5.82 Å². The van der Waals surface area contributed by atoms with Crippen LogP contribution in [0.3, 0.4) is 0 Å². The van der Waals surface area contributed by atoms with Crippen molar-refractivity contribution in [3.63, 3.8) is 0 Å². The molecule has 3 heterocycles. The van der Waals surface area contributed by atoms with Gasteiger partial charge in [-0.25, -0.2) is 0 Å². The fraction of sp³-hybridized carbons (Fsp3) is 0.688. The van der Waals surface area contributed by atoms with Gasteiger partial charge < -0.3 is 5.32 Å². The van der Waals surface area contributed by atoms with Gasteiger partial charge in [-0.1, -0.05) is 19.8 Å². The smallest absolute Gasteiger partial charge is 0.178 e. The molecule has 0 aromatic carbocycles. The first-order chi connectivity index (χ1) is 10.8. The van der Waals surface area contributed by atoms with Gasteiger partial charge in [0.2, 0.25) is 0 Å². The maximum absolute atomic E-state index is 4.57. The Kier molecular flexibility index (Phi) is 4.87. The van der Waals surface area contributed by atoms with Gasteiger partial charge in [-0.05, 0) is 51.4 Å². The molecule has 120 valence electrons. The van der Waals surface area contributed by atoms with E-state index in [9.17, 15) is 0 Å². The maximum atomic E-state index is 4.57. The molecule has 1 aliphatic rings. The highest BCUT2D eigenvalue weighted by Crippen LogP contribution is 2.18. The number of fused-ring (bicyclic) bond motifs is 1. The van der Waals surface area contributed by atoms with Crippen LogP contribution in [-0.2, 0) is 0 Å². The number of anilines is 1. The van der Waals surface area contributed by atoms with E-state index in [4.69, 9.17) is 0 Å². The highest BCUT2D eigenvalue weighted by Gasteiger charge is 2.21. The van der Waals surface area contributed by atoms with Gasteiger partial charge in [-0.15, -0.1) is 15.3 Å². The van der Waals surface area contributed by atoms with E-state index in [1.165, 1.54) is 45.2 Å². The van der Waals surface area contributed by atoms with Crippen molar-refractivity contribution < 1.29 is 0 Å². The normalized spacial score (nSPS) is 19.6. The lowest BCUT2D eigenvalue weighted by molar-refractivity contribution is 0.154. The van der Waals surface area contributed by atoms with Gasteiger partial charge in [-0.2, -0.15) is 4.52 Å². The van der Waals surface area contributed by atoms with Crippen molar-refractivity contribution in [2.75, 3.05) is 25.0 Å². The van der Waals surface area contributed by atoms with Crippen LogP contribution < -0.4 is 5.32 Å². The van der Waals surface area contributed by atoms with Crippen LogP contribution in [0.15, 0.2) is 12.1 Å². The van der Waals surface area contributed by atoms with Crippen molar-refractivity contribution in [1.29, 1.82) is 0 Å². The molecule has 0 bridgehead atoms. The SMILES string of the molecule is CCCCN1CCCCC1CNc1ccc2nnc(C)n2n1. The summed E-state index contributed by atoms with van der Waals surface area (Å²) in [6.45, 7) is 7.61. The standard InChI is InChI=1S/C16H26N6/c1-3-4-10-21-11-6-5-7-14(21)12-17-15-8-9-16-19-18-13(2)22(16)20-15/h8-9,14H,3-7,10-12H2,1-2H3,(H,17,20). The fourth-order valence-corrected chi connectivity index (χ4v) is 3.16. The lowest BCUT2D eigenvalue weighted by Gasteiger charge is -2.35. The lowest BCUT2D eigenvalue weighted by Crippen LogP contribution is -2.44. The molecule has 0 saturated carbocycles. The molecule has 2 aromatic rings. The summed E-state index contributed by atoms with van der Waals surface area (Å²) in [5.41, 5.74) is 0.797. The first-order valence-electron chi connectivity index (χ1n) is 8.45. The van der Waals surface area contributed by atoms with E-state index in [1.807, 2.05) is 19.1 Å². The largest absolute Gasteiger partial charge is 0.367 e. The number of likely N-dealkylation sites (tertiary alicyclic amines) is 1. The Hall–Kier alpha value is -1.69. The number of aromatic nitrogens is 4. The minimum atomic E-state index is 0.625. The van der Waals surface area contributed by atoms with Crippen LogP contribution in [0.1, 0.15) is 44.9 Å². The molecule has 0 amide bonds.